The van der Waals surface area contributed by atoms with Crippen LogP contribution < -0.4 is 0 Å². The minimum atomic E-state index is -0.591. The molecule has 16 heavy (non-hydrogen) atoms. The van der Waals surface area contributed by atoms with E-state index in [9.17, 15) is 9.50 Å². The van der Waals surface area contributed by atoms with Crippen molar-refractivity contribution < 1.29 is 9.50 Å². The smallest absolute Gasteiger partial charge is 0.123 e. The quantitative estimate of drug-likeness (QED) is 0.849. The second kappa shape index (κ2) is 6.36. The van der Waals surface area contributed by atoms with Gasteiger partial charge in [0.15, 0.2) is 0 Å². The molecule has 90 valence electrons. The van der Waals surface area contributed by atoms with Crippen molar-refractivity contribution >= 4 is 15.9 Å². The Morgan fingerprint density at radius 2 is 2.12 bits per heavy atom. The van der Waals surface area contributed by atoms with Crippen LogP contribution in [0.4, 0.5) is 4.39 Å². The molecule has 2 atom stereocenters. The van der Waals surface area contributed by atoms with Gasteiger partial charge in [-0.05, 0) is 36.1 Å². The number of hydrogen-bond donors (Lipinski definition) is 1. The first-order chi connectivity index (χ1) is 7.54. The van der Waals surface area contributed by atoms with Gasteiger partial charge in [-0.15, -0.1) is 0 Å². The van der Waals surface area contributed by atoms with Gasteiger partial charge in [0.05, 0.1) is 6.10 Å². The van der Waals surface area contributed by atoms with Crippen molar-refractivity contribution in [2.45, 2.75) is 39.2 Å². The van der Waals surface area contributed by atoms with Crippen LogP contribution in [-0.4, -0.2) is 5.11 Å². The van der Waals surface area contributed by atoms with Gasteiger partial charge in [0.1, 0.15) is 5.82 Å². The van der Waals surface area contributed by atoms with Gasteiger partial charge in [0.25, 0.3) is 0 Å². The highest BCUT2D eigenvalue weighted by atomic mass is 79.9. The maximum Gasteiger partial charge on any atom is 0.123 e. The van der Waals surface area contributed by atoms with E-state index in [2.05, 4.69) is 29.8 Å². The Balaban J connectivity index is 2.72. The molecule has 1 N–H and O–H groups in total. The standard InChI is InChI=1S/C13H18BrFO/c1-3-4-9(2)7-13(16)11-8-10(15)5-6-12(11)14/h5-6,8-9,13,16H,3-4,7H2,1-2H3. The number of benzene rings is 1. The summed E-state index contributed by atoms with van der Waals surface area (Å²) in [6.45, 7) is 4.24. The summed E-state index contributed by atoms with van der Waals surface area (Å²) in [7, 11) is 0. The minimum Gasteiger partial charge on any atom is -0.388 e. The van der Waals surface area contributed by atoms with Crippen LogP contribution in [0.15, 0.2) is 22.7 Å². The Bertz CT molecular complexity index is 341. The Kier molecular flexibility index (Phi) is 5.42. The lowest BCUT2D eigenvalue weighted by atomic mass is 9.95. The predicted molar refractivity (Wildman–Crippen MR) is 67.7 cm³/mol. The molecule has 0 bridgehead atoms. The summed E-state index contributed by atoms with van der Waals surface area (Å²) in [5.74, 6) is 0.149. The van der Waals surface area contributed by atoms with Crippen molar-refractivity contribution in [2.24, 2.45) is 5.92 Å². The topological polar surface area (TPSA) is 20.2 Å². The normalized spacial score (nSPS) is 14.8. The average Bonchev–Trinajstić information content (AvgIpc) is 2.21. The molecule has 1 nitrogen and oxygen atoms in total. The van der Waals surface area contributed by atoms with E-state index in [1.54, 1.807) is 6.07 Å². The molecule has 0 aromatic heterocycles. The first kappa shape index (κ1) is 13.7. The molecule has 0 radical (unpaired) electrons. The predicted octanol–water partition coefficient (Wildman–Crippen LogP) is 4.45. The van der Waals surface area contributed by atoms with Crippen LogP contribution in [0.25, 0.3) is 0 Å². The fourth-order valence-corrected chi connectivity index (χ4v) is 2.40. The summed E-state index contributed by atoms with van der Waals surface area (Å²) in [6.07, 6.45) is 2.28. The number of halogens is 2. The van der Waals surface area contributed by atoms with Crippen molar-refractivity contribution in [3.63, 3.8) is 0 Å². The number of aliphatic hydroxyl groups excluding tert-OH is 1. The van der Waals surface area contributed by atoms with Gasteiger partial charge in [0, 0.05) is 4.47 Å². The van der Waals surface area contributed by atoms with E-state index in [1.165, 1.54) is 12.1 Å². The van der Waals surface area contributed by atoms with Crippen LogP contribution >= 0.6 is 15.9 Å². The fourth-order valence-electron chi connectivity index (χ4n) is 1.89. The van der Waals surface area contributed by atoms with Gasteiger partial charge < -0.3 is 5.11 Å². The molecule has 0 amide bonds. The molecule has 0 aliphatic heterocycles. The van der Waals surface area contributed by atoms with Crippen molar-refractivity contribution in [1.29, 1.82) is 0 Å². The van der Waals surface area contributed by atoms with Crippen molar-refractivity contribution in [2.75, 3.05) is 0 Å². The summed E-state index contributed by atoms with van der Waals surface area (Å²) in [5, 5.41) is 10.0. The highest BCUT2D eigenvalue weighted by Crippen LogP contribution is 2.29. The average molecular weight is 289 g/mol. The maximum absolute atomic E-state index is 13.1. The molecule has 1 rings (SSSR count). The molecular formula is C13H18BrFO. The summed E-state index contributed by atoms with van der Waals surface area (Å²) in [6, 6.07) is 4.42. The number of rotatable bonds is 5. The molecule has 0 aliphatic rings. The Hall–Kier alpha value is -0.410. The third kappa shape index (κ3) is 3.87. The van der Waals surface area contributed by atoms with Crippen LogP contribution in [0.5, 0.6) is 0 Å². The number of hydrogen-bond acceptors (Lipinski definition) is 1. The summed E-state index contributed by atoms with van der Waals surface area (Å²) >= 11 is 3.33. The zero-order valence-corrected chi connectivity index (χ0v) is 11.3. The van der Waals surface area contributed by atoms with E-state index in [4.69, 9.17) is 0 Å². The summed E-state index contributed by atoms with van der Waals surface area (Å²) in [5.41, 5.74) is 0.642. The third-order valence-electron chi connectivity index (χ3n) is 2.72. The molecule has 0 saturated heterocycles. The molecule has 0 heterocycles. The van der Waals surface area contributed by atoms with E-state index in [1.807, 2.05) is 0 Å². The van der Waals surface area contributed by atoms with Crippen molar-refractivity contribution in [1.82, 2.24) is 0 Å². The lowest BCUT2D eigenvalue weighted by molar-refractivity contribution is 0.144. The molecule has 3 heteroatoms. The van der Waals surface area contributed by atoms with E-state index < -0.39 is 6.10 Å². The monoisotopic (exact) mass is 288 g/mol. The van der Waals surface area contributed by atoms with Crippen molar-refractivity contribution in [3.8, 4) is 0 Å². The molecule has 1 aromatic carbocycles. The summed E-state index contributed by atoms with van der Waals surface area (Å²) < 4.78 is 13.8. The summed E-state index contributed by atoms with van der Waals surface area (Å²) in [4.78, 5) is 0. The maximum atomic E-state index is 13.1. The third-order valence-corrected chi connectivity index (χ3v) is 3.45. The van der Waals surface area contributed by atoms with Crippen LogP contribution in [-0.2, 0) is 0 Å². The Morgan fingerprint density at radius 3 is 2.75 bits per heavy atom. The van der Waals surface area contributed by atoms with Gasteiger partial charge in [0.2, 0.25) is 0 Å². The minimum absolute atomic E-state index is 0.305. The Labute approximate surface area is 105 Å². The highest BCUT2D eigenvalue weighted by Gasteiger charge is 2.15. The van der Waals surface area contributed by atoms with Gasteiger partial charge in [-0.3, -0.25) is 0 Å². The highest BCUT2D eigenvalue weighted by molar-refractivity contribution is 9.10. The van der Waals surface area contributed by atoms with E-state index >= 15 is 0 Å². The van der Waals surface area contributed by atoms with Gasteiger partial charge in [-0.1, -0.05) is 42.6 Å². The van der Waals surface area contributed by atoms with Crippen molar-refractivity contribution in [3.05, 3.63) is 34.1 Å². The first-order valence-corrected chi connectivity index (χ1v) is 6.47. The molecule has 0 saturated carbocycles. The molecule has 0 aliphatic carbocycles. The van der Waals surface area contributed by atoms with E-state index in [0.717, 1.165) is 17.3 Å². The molecule has 2 unspecified atom stereocenters. The number of aliphatic hydroxyl groups is 1. The SMILES string of the molecule is CCCC(C)CC(O)c1cc(F)ccc1Br. The first-order valence-electron chi connectivity index (χ1n) is 5.67. The van der Waals surface area contributed by atoms with Gasteiger partial charge >= 0.3 is 0 Å². The molecule has 0 spiro atoms. The Morgan fingerprint density at radius 1 is 1.44 bits per heavy atom. The molecular weight excluding hydrogens is 271 g/mol. The van der Waals surface area contributed by atoms with Crippen LogP contribution in [0.2, 0.25) is 0 Å². The van der Waals surface area contributed by atoms with Crippen LogP contribution in [0.3, 0.4) is 0 Å². The second-order valence-electron chi connectivity index (χ2n) is 4.31. The van der Waals surface area contributed by atoms with E-state index in [0.29, 0.717) is 17.9 Å². The van der Waals surface area contributed by atoms with Crippen LogP contribution in [0, 0.1) is 11.7 Å². The molecule has 0 fully saturated rings. The zero-order valence-electron chi connectivity index (χ0n) is 9.71. The lowest BCUT2D eigenvalue weighted by Crippen LogP contribution is -2.05. The second-order valence-corrected chi connectivity index (χ2v) is 5.17. The zero-order chi connectivity index (χ0) is 12.1. The van der Waals surface area contributed by atoms with E-state index in [-0.39, 0.29) is 5.82 Å². The van der Waals surface area contributed by atoms with Gasteiger partial charge in [-0.25, -0.2) is 4.39 Å². The lowest BCUT2D eigenvalue weighted by Gasteiger charge is -2.17. The molecule has 1 aromatic rings. The fraction of sp³-hybridized carbons (Fsp3) is 0.538. The van der Waals surface area contributed by atoms with Gasteiger partial charge in [-0.2, -0.15) is 0 Å². The largest absolute Gasteiger partial charge is 0.388 e. The van der Waals surface area contributed by atoms with Crippen LogP contribution in [0.1, 0.15) is 44.8 Å².